The van der Waals surface area contributed by atoms with Crippen LogP contribution in [0.3, 0.4) is 0 Å². The van der Waals surface area contributed by atoms with Gasteiger partial charge in [0.05, 0.1) is 11.1 Å². The molecule has 0 aliphatic heterocycles. The number of carbonyl (C=O) groups is 2. The van der Waals surface area contributed by atoms with Gasteiger partial charge in [0.2, 0.25) is 6.41 Å². The van der Waals surface area contributed by atoms with Crippen LogP contribution in [0.4, 0.5) is 0 Å². The van der Waals surface area contributed by atoms with Gasteiger partial charge in [0, 0.05) is 11.6 Å². The normalized spacial score (nSPS) is 10.3. The molecule has 0 spiro atoms. The van der Waals surface area contributed by atoms with Gasteiger partial charge in [0.25, 0.3) is 0 Å². The van der Waals surface area contributed by atoms with Crippen LogP contribution in [0, 0.1) is 0 Å². The van der Waals surface area contributed by atoms with Crippen molar-refractivity contribution in [3.05, 3.63) is 36.0 Å². The van der Waals surface area contributed by atoms with Crippen LogP contribution in [-0.2, 0) is 4.79 Å². The summed E-state index contributed by atoms with van der Waals surface area (Å²) in [5.41, 5.74) is 0.791. The molecule has 0 saturated carbocycles. The van der Waals surface area contributed by atoms with Crippen molar-refractivity contribution in [2.75, 3.05) is 0 Å². The Labute approximate surface area is 79.4 Å². The zero-order chi connectivity index (χ0) is 10.1. The minimum atomic E-state index is -0.995. The average molecular weight is 189 g/mol. The Kier molecular flexibility index (Phi) is 1.81. The van der Waals surface area contributed by atoms with Gasteiger partial charge in [0.1, 0.15) is 0 Å². The van der Waals surface area contributed by atoms with Gasteiger partial charge >= 0.3 is 5.97 Å². The highest BCUT2D eigenvalue weighted by Crippen LogP contribution is 2.16. The SMILES string of the molecule is O=Cn1ccc2ccc(C(=O)O)cc21. The number of aromatic nitrogens is 1. The van der Waals surface area contributed by atoms with E-state index in [-0.39, 0.29) is 5.56 Å². The van der Waals surface area contributed by atoms with Crippen LogP contribution in [0.2, 0.25) is 0 Å². The van der Waals surface area contributed by atoms with E-state index in [2.05, 4.69) is 0 Å². The van der Waals surface area contributed by atoms with E-state index in [1.165, 1.54) is 16.7 Å². The van der Waals surface area contributed by atoms with Gasteiger partial charge in [-0.05, 0) is 18.2 Å². The van der Waals surface area contributed by atoms with Gasteiger partial charge in [-0.15, -0.1) is 0 Å². The Morgan fingerprint density at radius 1 is 1.36 bits per heavy atom. The van der Waals surface area contributed by atoms with Crippen molar-refractivity contribution < 1.29 is 14.7 Å². The molecule has 0 radical (unpaired) electrons. The van der Waals surface area contributed by atoms with E-state index in [4.69, 9.17) is 5.11 Å². The third-order valence-corrected chi connectivity index (χ3v) is 2.08. The molecule has 0 aliphatic carbocycles. The third kappa shape index (κ3) is 1.17. The van der Waals surface area contributed by atoms with Crippen molar-refractivity contribution >= 4 is 23.3 Å². The van der Waals surface area contributed by atoms with Crippen molar-refractivity contribution in [2.24, 2.45) is 0 Å². The van der Waals surface area contributed by atoms with Gasteiger partial charge in [-0.3, -0.25) is 9.36 Å². The Morgan fingerprint density at radius 2 is 2.14 bits per heavy atom. The molecule has 0 fully saturated rings. The van der Waals surface area contributed by atoms with Crippen molar-refractivity contribution in [1.29, 1.82) is 0 Å². The summed E-state index contributed by atoms with van der Waals surface area (Å²) in [5.74, 6) is -0.995. The first-order valence-corrected chi connectivity index (χ1v) is 4.01. The van der Waals surface area contributed by atoms with E-state index in [1.54, 1.807) is 18.3 Å². The number of benzene rings is 1. The minimum Gasteiger partial charge on any atom is -0.478 e. The molecule has 14 heavy (non-hydrogen) atoms. The van der Waals surface area contributed by atoms with Gasteiger partial charge in [-0.1, -0.05) is 6.07 Å². The lowest BCUT2D eigenvalue weighted by Gasteiger charge is -1.96. The molecule has 4 nitrogen and oxygen atoms in total. The molecule has 0 saturated heterocycles. The molecule has 4 heteroatoms. The first kappa shape index (κ1) is 8.50. The maximum absolute atomic E-state index is 10.7. The summed E-state index contributed by atoms with van der Waals surface area (Å²) in [6, 6.07) is 6.43. The summed E-state index contributed by atoms with van der Waals surface area (Å²) in [5, 5.41) is 9.60. The van der Waals surface area contributed by atoms with E-state index in [9.17, 15) is 9.59 Å². The first-order valence-electron chi connectivity index (χ1n) is 4.01. The lowest BCUT2D eigenvalue weighted by atomic mass is 10.2. The van der Waals surface area contributed by atoms with Gasteiger partial charge in [-0.2, -0.15) is 0 Å². The van der Waals surface area contributed by atoms with Crippen molar-refractivity contribution in [1.82, 2.24) is 4.57 Å². The Morgan fingerprint density at radius 3 is 2.79 bits per heavy atom. The van der Waals surface area contributed by atoms with Gasteiger partial charge in [0.15, 0.2) is 0 Å². The molecule has 1 aromatic heterocycles. The molecule has 0 bridgehead atoms. The van der Waals surface area contributed by atoms with Crippen LogP contribution in [0.5, 0.6) is 0 Å². The lowest BCUT2D eigenvalue weighted by molar-refractivity contribution is 0.0697. The lowest BCUT2D eigenvalue weighted by Crippen LogP contribution is -1.97. The fraction of sp³-hybridized carbons (Fsp3) is 0. The van der Waals surface area contributed by atoms with Gasteiger partial charge < -0.3 is 5.11 Å². The number of hydrogen-bond acceptors (Lipinski definition) is 2. The summed E-state index contributed by atoms with van der Waals surface area (Å²) in [4.78, 5) is 21.2. The molecule has 2 rings (SSSR count). The van der Waals surface area contributed by atoms with Crippen LogP contribution >= 0.6 is 0 Å². The number of aromatic carboxylic acids is 1. The second-order valence-electron chi connectivity index (χ2n) is 2.91. The predicted molar refractivity (Wildman–Crippen MR) is 51.0 cm³/mol. The predicted octanol–water partition coefficient (Wildman–Crippen LogP) is 1.38. The van der Waals surface area contributed by atoms with E-state index in [0.717, 1.165) is 5.39 Å². The molecule has 1 N–H and O–H groups in total. The number of hydrogen-bond donors (Lipinski definition) is 1. The molecule has 2 aromatic rings. The van der Waals surface area contributed by atoms with Crippen molar-refractivity contribution in [3.63, 3.8) is 0 Å². The number of carboxylic acids is 1. The molecule has 0 aliphatic rings. The summed E-state index contributed by atoms with van der Waals surface area (Å²) < 4.78 is 1.35. The molecule has 70 valence electrons. The quantitative estimate of drug-likeness (QED) is 0.726. The van der Waals surface area contributed by atoms with E-state index in [0.29, 0.717) is 11.9 Å². The van der Waals surface area contributed by atoms with Gasteiger partial charge in [-0.25, -0.2) is 4.79 Å². The zero-order valence-corrected chi connectivity index (χ0v) is 7.18. The number of rotatable bonds is 2. The first-order chi connectivity index (χ1) is 6.72. The zero-order valence-electron chi connectivity index (χ0n) is 7.18. The molecule has 1 aromatic carbocycles. The van der Waals surface area contributed by atoms with Crippen LogP contribution in [0.15, 0.2) is 30.5 Å². The molecule has 0 atom stereocenters. The summed E-state index contributed by atoms with van der Waals surface area (Å²) >= 11 is 0. The fourth-order valence-corrected chi connectivity index (χ4v) is 1.37. The monoisotopic (exact) mass is 189 g/mol. The van der Waals surface area contributed by atoms with Crippen molar-refractivity contribution in [3.8, 4) is 0 Å². The topological polar surface area (TPSA) is 59.3 Å². The van der Waals surface area contributed by atoms with Crippen LogP contribution in [-0.4, -0.2) is 22.1 Å². The van der Waals surface area contributed by atoms with Crippen LogP contribution in [0.25, 0.3) is 10.9 Å². The highest BCUT2D eigenvalue weighted by Gasteiger charge is 2.05. The average Bonchev–Trinajstić information content (AvgIpc) is 2.59. The third-order valence-electron chi connectivity index (χ3n) is 2.08. The molecule has 0 amide bonds. The molecule has 0 unspecified atom stereocenters. The maximum Gasteiger partial charge on any atom is 0.335 e. The van der Waals surface area contributed by atoms with Crippen molar-refractivity contribution in [2.45, 2.75) is 0 Å². The standard InChI is InChI=1S/C10H7NO3/c12-6-11-4-3-7-1-2-8(10(13)14)5-9(7)11/h1-6H,(H,13,14). The second kappa shape index (κ2) is 2.99. The number of fused-ring (bicyclic) bond motifs is 1. The highest BCUT2D eigenvalue weighted by atomic mass is 16.4. The van der Waals surface area contributed by atoms with E-state index in [1.807, 2.05) is 0 Å². The summed E-state index contributed by atoms with van der Waals surface area (Å²) in [6.45, 7) is 0. The number of nitrogens with zero attached hydrogens (tertiary/aromatic N) is 1. The Bertz CT molecular complexity index is 513. The number of carboxylic acid groups (broad SMARTS) is 1. The smallest absolute Gasteiger partial charge is 0.335 e. The summed E-state index contributed by atoms with van der Waals surface area (Å²) in [6.07, 6.45) is 2.25. The van der Waals surface area contributed by atoms with Crippen LogP contribution in [0.1, 0.15) is 10.4 Å². The molecule has 1 heterocycles. The minimum absolute atomic E-state index is 0.180. The molecular formula is C10H7NO3. The molecular weight excluding hydrogens is 182 g/mol. The summed E-state index contributed by atoms with van der Waals surface area (Å²) in [7, 11) is 0. The number of carbonyl (C=O) groups excluding carboxylic acids is 1. The maximum atomic E-state index is 10.7. The largest absolute Gasteiger partial charge is 0.478 e. The Hall–Kier alpha value is -2.10. The van der Waals surface area contributed by atoms with Crippen LogP contribution < -0.4 is 0 Å². The second-order valence-corrected chi connectivity index (χ2v) is 2.91. The van der Waals surface area contributed by atoms with E-state index < -0.39 is 5.97 Å². The van der Waals surface area contributed by atoms with E-state index >= 15 is 0 Å². The highest BCUT2D eigenvalue weighted by molar-refractivity contribution is 5.95. The fourth-order valence-electron chi connectivity index (χ4n) is 1.37. The Balaban J connectivity index is 2.73.